The monoisotopic (exact) mass is 171 g/mol. The molecular formula is C7H9NO2S. The Morgan fingerprint density at radius 1 is 1.82 bits per heavy atom. The van der Waals surface area contributed by atoms with E-state index in [1.165, 1.54) is 0 Å². The fraction of sp³-hybridized carbons (Fsp3) is 0.714. The van der Waals surface area contributed by atoms with Crippen molar-refractivity contribution in [1.29, 1.82) is 0 Å². The minimum Gasteiger partial charge on any atom is -0.480 e. The maximum absolute atomic E-state index is 10.5. The highest BCUT2D eigenvalue weighted by molar-refractivity contribution is 7.78. The first-order chi connectivity index (χ1) is 5.24. The van der Waals surface area contributed by atoms with Crippen LogP contribution in [-0.4, -0.2) is 22.3 Å². The first-order valence-corrected chi connectivity index (χ1v) is 3.94. The van der Waals surface area contributed by atoms with Crippen LogP contribution in [0.4, 0.5) is 0 Å². The zero-order chi connectivity index (χ0) is 8.27. The van der Waals surface area contributed by atoms with Crippen molar-refractivity contribution in [3.8, 4) is 0 Å². The summed E-state index contributed by atoms with van der Waals surface area (Å²) in [4.78, 5) is 14.0. The Morgan fingerprint density at radius 3 is 2.82 bits per heavy atom. The standard InChI is InChI=1S/C7H9NO2S/c9-7(10)6(8-4-11)3-5-1-2-5/h5-6H,1-3H2,(H,9,10). The van der Waals surface area contributed by atoms with Crippen molar-refractivity contribution in [3.05, 3.63) is 0 Å². The number of nitrogens with zero attached hydrogens (tertiary/aromatic N) is 1. The number of carboxylic acid groups (broad SMARTS) is 1. The molecule has 0 aromatic carbocycles. The van der Waals surface area contributed by atoms with E-state index >= 15 is 0 Å². The Bertz CT molecular complexity index is 204. The maximum Gasteiger partial charge on any atom is 0.329 e. The third kappa shape index (κ3) is 2.78. The predicted octanol–water partition coefficient (Wildman–Crippen LogP) is 1.34. The Hall–Kier alpha value is -0.730. The van der Waals surface area contributed by atoms with Crippen LogP contribution in [0.15, 0.2) is 4.99 Å². The zero-order valence-corrected chi connectivity index (χ0v) is 6.80. The molecule has 11 heavy (non-hydrogen) atoms. The minimum absolute atomic E-state index is 0.559. The first kappa shape index (κ1) is 8.37. The van der Waals surface area contributed by atoms with Gasteiger partial charge in [0.15, 0.2) is 6.04 Å². The molecule has 1 rings (SSSR count). The molecule has 60 valence electrons. The average molecular weight is 171 g/mol. The molecule has 3 nitrogen and oxygen atoms in total. The van der Waals surface area contributed by atoms with Gasteiger partial charge < -0.3 is 5.11 Å². The van der Waals surface area contributed by atoms with Crippen molar-refractivity contribution in [2.45, 2.75) is 25.3 Å². The number of thiocarbonyl (C=S) groups is 1. The molecule has 4 heteroatoms. The fourth-order valence-electron chi connectivity index (χ4n) is 0.942. The van der Waals surface area contributed by atoms with Gasteiger partial charge in [0.25, 0.3) is 0 Å². The highest BCUT2D eigenvalue weighted by Gasteiger charge is 2.28. The molecule has 0 spiro atoms. The average Bonchev–Trinajstić information content (AvgIpc) is 2.70. The summed E-state index contributed by atoms with van der Waals surface area (Å²) in [5.41, 5.74) is 0. The second-order valence-electron chi connectivity index (χ2n) is 2.75. The lowest BCUT2D eigenvalue weighted by molar-refractivity contribution is -0.138. The van der Waals surface area contributed by atoms with E-state index in [9.17, 15) is 4.79 Å². The number of rotatable bonds is 4. The van der Waals surface area contributed by atoms with E-state index in [0.29, 0.717) is 12.3 Å². The van der Waals surface area contributed by atoms with E-state index < -0.39 is 12.0 Å². The number of aliphatic carboxylic acids is 1. The molecule has 0 heterocycles. The molecule has 0 aromatic heterocycles. The highest BCUT2D eigenvalue weighted by Crippen LogP contribution is 2.34. The summed E-state index contributed by atoms with van der Waals surface area (Å²) < 4.78 is 0. The smallest absolute Gasteiger partial charge is 0.329 e. The van der Waals surface area contributed by atoms with E-state index in [-0.39, 0.29) is 0 Å². The SMILES string of the molecule is O=C(O)C(CC1CC1)N=C=S. The molecule has 0 amide bonds. The van der Waals surface area contributed by atoms with Crippen molar-refractivity contribution >= 4 is 23.3 Å². The van der Waals surface area contributed by atoms with Crippen LogP contribution >= 0.6 is 12.2 Å². The van der Waals surface area contributed by atoms with E-state index in [0.717, 1.165) is 12.8 Å². The molecule has 1 unspecified atom stereocenters. The van der Waals surface area contributed by atoms with Gasteiger partial charge in [0.1, 0.15) is 0 Å². The normalized spacial score (nSPS) is 18.5. The largest absolute Gasteiger partial charge is 0.480 e. The molecule has 0 saturated heterocycles. The summed E-state index contributed by atoms with van der Waals surface area (Å²) in [7, 11) is 0. The number of aliphatic imine (C=N–C) groups is 1. The second kappa shape index (κ2) is 3.60. The third-order valence-electron chi connectivity index (χ3n) is 1.75. The summed E-state index contributed by atoms with van der Waals surface area (Å²) in [6, 6.07) is -0.653. The molecule has 1 N–H and O–H groups in total. The molecule has 0 bridgehead atoms. The van der Waals surface area contributed by atoms with Crippen molar-refractivity contribution < 1.29 is 9.90 Å². The molecule has 1 aliphatic rings. The van der Waals surface area contributed by atoms with E-state index in [2.05, 4.69) is 22.4 Å². The van der Waals surface area contributed by atoms with Gasteiger partial charge in [-0.05, 0) is 24.6 Å². The molecule has 1 atom stereocenters. The van der Waals surface area contributed by atoms with Crippen molar-refractivity contribution in [1.82, 2.24) is 0 Å². The number of hydrogen-bond donors (Lipinski definition) is 1. The summed E-state index contributed by atoms with van der Waals surface area (Å²) in [5, 5.41) is 10.7. The number of carboxylic acids is 1. The number of isothiocyanates is 1. The molecule has 0 aromatic rings. The van der Waals surface area contributed by atoms with Gasteiger partial charge in [-0.3, -0.25) is 0 Å². The molecule has 1 fully saturated rings. The van der Waals surface area contributed by atoms with Crippen LogP contribution in [0.2, 0.25) is 0 Å². The Labute approximate surface area is 70.1 Å². The van der Waals surface area contributed by atoms with Gasteiger partial charge in [0.05, 0.1) is 5.16 Å². The predicted molar refractivity (Wildman–Crippen MR) is 43.8 cm³/mol. The minimum atomic E-state index is -0.894. The van der Waals surface area contributed by atoms with Crippen LogP contribution in [0, 0.1) is 5.92 Å². The summed E-state index contributed by atoms with van der Waals surface area (Å²) >= 11 is 4.34. The van der Waals surface area contributed by atoms with Crippen molar-refractivity contribution in [2.24, 2.45) is 10.9 Å². The quantitative estimate of drug-likeness (QED) is 0.513. The third-order valence-corrected chi connectivity index (χ3v) is 1.85. The lowest BCUT2D eigenvalue weighted by Crippen LogP contribution is -2.17. The van der Waals surface area contributed by atoms with Crippen LogP contribution in [0.5, 0.6) is 0 Å². The lowest BCUT2D eigenvalue weighted by atomic mass is 10.1. The molecule has 1 saturated carbocycles. The maximum atomic E-state index is 10.5. The Balaban J connectivity index is 2.43. The van der Waals surface area contributed by atoms with Crippen LogP contribution in [-0.2, 0) is 4.79 Å². The molecule has 1 aliphatic carbocycles. The molecule has 0 radical (unpaired) electrons. The Kier molecular flexibility index (Phi) is 2.74. The van der Waals surface area contributed by atoms with Gasteiger partial charge in [-0.2, -0.15) is 0 Å². The fourth-order valence-corrected chi connectivity index (χ4v) is 1.07. The van der Waals surface area contributed by atoms with Gasteiger partial charge in [-0.25, -0.2) is 9.79 Å². The Morgan fingerprint density at radius 2 is 2.45 bits per heavy atom. The van der Waals surface area contributed by atoms with Crippen molar-refractivity contribution in [3.63, 3.8) is 0 Å². The highest BCUT2D eigenvalue weighted by atomic mass is 32.1. The van der Waals surface area contributed by atoms with Crippen LogP contribution in [0.3, 0.4) is 0 Å². The van der Waals surface area contributed by atoms with Crippen LogP contribution in [0.1, 0.15) is 19.3 Å². The van der Waals surface area contributed by atoms with E-state index in [4.69, 9.17) is 5.11 Å². The molecule has 0 aliphatic heterocycles. The van der Waals surface area contributed by atoms with Gasteiger partial charge >= 0.3 is 5.97 Å². The van der Waals surface area contributed by atoms with Gasteiger partial charge in [0, 0.05) is 0 Å². The van der Waals surface area contributed by atoms with Crippen LogP contribution < -0.4 is 0 Å². The number of carbonyl (C=O) groups is 1. The number of hydrogen-bond acceptors (Lipinski definition) is 3. The molecular weight excluding hydrogens is 162 g/mol. The first-order valence-electron chi connectivity index (χ1n) is 3.54. The van der Waals surface area contributed by atoms with Gasteiger partial charge in [-0.1, -0.05) is 12.8 Å². The summed E-state index contributed by atoms with van der Waals surface area (Å²) in [5.74, 6) is -0.336. The lowest BCUT2D eigenvalue weighted by Gasteiger charge is -2.02. The van der Waals surface area contributed by atoms with Gasteiger partial charge in [-0.15, -0.1) is 0 Å². The van der Waals surface area contributed by atoms with E-state index in [1.54, 1.807) is 0 Å². The van der Waals surface area contributed by atoms with Crippen molar-refractivity contribution in [2.75, 3.05) is 0 Å². The zero-order valence-electron chi connectivity index (χ0n) is 5.99. The second-order valence-corrected chi connectivity index (χ2v) is 2.94. The van der Waals surface area contributed by atoms with Gasteiger partial charge in [0.2, 0.25) is 0 Å². The summed E-state index contributed by atoms with van der Waals surface area (Å²) in [6.45, 7) is 0. The summed E-state index contributed by atoms with van der Waals surface area (Å²) in [6.07, 6.45) is 2.90. The van der Waals surface area contributed by atoms with Crippen LogP contribution in [0.25, 0.3) is 0 Å². The van der Waals surface area contributed by atoms with E-state index in [1.807, 2.05) is 0 Å². The topological polar surface area (TPSA) is 49.7 Å².